The molecule has 1 saturated heterocycles. The van der Waals surface area contributed by atoms with Crippen LogP contribution in [0.2, 0.25) is 0 Å². The summed E-state index contributed by atoms with van der Waals surface area (Å²) in [4.78, 5) is 29.8. The Morgan fingerprint density at radius 2 is 1.52 bits per heavy atom. The summed E-state index contributed by atoms with van der Waals surface area (Å²) in [6.45, 7) is 8.73. The minimum atomic E-state index is 0.0926. The van der Waals surface area contributed by atoms with Crippen molar-refractivity contribution >= 4 is 11.9 Å². The highest BCUT2D eigenvalue weighted by Crippen LogP contribution is 2.09. The van der Waals surface area contributed by atoms with Crippen LogP contribution in [0.1, 0.15) is 39.5 Å². The Morgan fingerprint density at radius 1 is 0.952 bits per heavy atom. The zero-order valence-corrected chi connectivity index (χ0v) is 13.5. The zero-order valence-electron chi connectivity index (χ0n) is 13.5. The summed E-state index contributed by atoms with van der Waals surface area (Å²) in [5.41, 5.74) is 5.44. The number of carbonyl (C=O) groups excluding carboxylic acids is 2. The molecule has 6 heteroatoms. The van der Waals surface area contributed by atoms with Gasteiger partial charge in [-0.3, -0.25) is 4.79 Å². The van der Waals surface area contributed by atoms with E-state index in [-0.39, 0.29) is 11.9 Å². The number of hydrogen-bond donors (Lipinski definition) is 1. The lowest BCUT2D eigenvalue weighted by Crippen LogP contribution is -2.54. The van der Waals surface area contributed by atoms with Crippen molar-refractivity contribution in [2.24, 2.45) is 5.73 Å². The standard InChI is InChI=1S/C15H30N4O2/c1-3-17(4-2)15(21)19-12-10-18(11-13-19)14(20)8-6-5-7-9-16/h3-13,16H2,1-2H3. The predicted octanol–water partition coefficient (Wildman–Crippen LogP) is 1.11. The van der Waals surface area contributed by atoms with Gasteiger partial charge >= 0.3 is 6.03 Å². The van der Waals surface area contributed by atoms with Crippen molar-refractivity contribution in [3.63, 3.8) is 0 Å². The van der Waals surface area contributed by atoms with Crippen LogP contribution in [-0.2, 0) is 4.79 Å². The third-order valence-corrected chi connectivity index (χ3v) is 4.03. The van der Waals surface area contributed by atoms with Crippen LogP contribution in [0.3, 0.4) is 0 Å². The summed E-state index contributed by atoms with van der Waals surface area (Å²) in [6, 6.07) is 0.0926. The molecule has 6 nitrogen and oxygen atoms in total. The smallest absolute Gasteiger partial charge is 0.320 e. The van der Waals surface area contributed by atoms with E-state index in [0.29, 0.717) is 39.1 Å². The quantitative estimate of drug-likeness (QED) is 0.716. The average Bonchev–Trinajstić information content (AvgIpc) is 2.52. The number of amides is 3. The SMILES string of the molecule is CCN(CC)C(=O)N1CCN(C(=O)CCCCCN)CC1. The second-order valence-corrected chi connectivity index (χ2v) is 5.42. The monoisotopic (exact) mass is 298 g/mol. The molecule has 21 heavy (non-hydrogen) atoms. The molecule has 0 aliphatic carbocycles. The maximum absolute atomic E-state index is 12.2. The highest BCUT2D eigenvalue weighted by atomic mass is 16.2. The van der Waals surface area contributed by atoms with Gasteiger partial charge in [-0.2, -0.15) is 0 Å². The number of unbranched alkanes of at least 4 members (excludes halogenated alkanes) is 2. The van der Waals surface area contributed by atoms with E-state index in [2.05, 4.69) is 0 Å². The molecule has 0 aromatic rings. The van der Waals surface area contributed by atoms with Crippen LogP contribution < -0.4 is 5.73 Å². The van der Waals surface area contributed by atoms with Crippen LogP contribution in [0.25, 0.3) is 0 Å². The van der Waals surface area contributed by atoms with E-state index in [1.165, 1.54) is 0 Å². The lowest BCUT2D eigenvalue weighted by Gasteiger charge is -2.37. The molecule has 3 amide bonds. The third-order valence-electron chi connectivity index (χ3n) is 4.03. The van der Waals surface area contributed by atoms with E-state index in [9.17, 15) is 9.59 Å². The third kappa shape index (κ3) is 5.53. The first-order chi connectivity index (χ1) is 10.1. The van der Waals surface area contributed by atoms with Gasteiger partial charge in [-0.1, -0.05) is 6.42 Å². The first kappa shape index (κ1) is 17.8. The minimum absolute atomic E-state index is 0.0926. The number of nitrogens with zero attached hydrogens (tertiary/aromatic N) is 3. The number of hydrogen-bond acceptors (Lipinski definition) is 3. The van der Waals surface area contributed by atoms with E-state index in [1.54, 1.807) is 0 Å². The second-order valence-electron chi connectivity index (χ2n) is 5.42. The summed E-state index contributed by atoms with van der Waals surface area (Å²) < 4.78 is 0. The van der Waals surface area contributed by atoms with Gasteiger partial charge in [0.25, 0.3) is 0 Å². The first-order valence-corrected chi connectivity index (χ1v) is 8.15. The molecule has 0 spiro atoms. The van der Waals surface area contributed by atoms with Crippen molar-refractivity contribution in [2.75, 3.05) is 45.8 Å². The summed E-state index contributed by atoms with van der Waals surface area (Å²) in [6.07, 6.45) is 3.51. The van der Waals surface area contributed by atoms with E-state index < -0.39 is 0 Å². The Bertz CT molecular complexity index is 324. The molecule has 1 heterocycles. The summed E-state index contributed by atoms with van der Waals surface area (Å²) >= 11 is 0. The Morgan fingerprint density at radius 3 is 2.05 bits per heavy atom. The Hall–Kier alpha value is -1.30. The van der Waals surface area contributed by atoms with Gasteiger partial charge < -0.3 is 20.4 Å². The molecule has 1 rings (SSSR count). The van der Waals surface area contributed by atoms with Crippen LogP contribution >= 0.6 is 0 Å². The van der Waals surface area contributed by atoms with Gasteiger partial charge in [0.2, 0.25) is 5.91 Å². The van der Waals surface area contributed by atoms with Gasteiger partial charge in [0.1, 0.15) is 0 Å². The highest BCUT2D eigenvalue weighted by Gasteiger charge is 2.25. The number of rotatable bonds is 7. The molecular formula is C15H30N4O2. The van der Waals surface area contributed by atoms with Crippen molar-refractivity contribution in [3.8, 4) is 0 Å². The van der Waals surface area contributed by atoms with Crippen molar-refractivity contribution in [1.82, 2.24) is 14.7 Å². The molecule has 122 valence electrons. The number of nitrogens with two attached hydrogens (primary N) is 1. The summed E-state index contributed by atoms with van der Waals surface area (Å²) in [7, 11) is 0. The molecular weight excluding hydrogens is 268 g/mol. The van der Waals surface area contributed by atoms with Crippen molar-refractivity contribution in [3.05, 3.63) is 0 Å². The topological polar surface area (TPSA) is 69.9 Å². The molecule has 0 aromatic carbocycles. The van der Waals surface area contributed by atoms with Gasteiger partial charge in [-0.05, 0) is 33.2 Å². The van der Waals surface area contributed by atoms with Crippen molar-refractivity contribution in [2.45, 2.75) is 39.5 Å². The van der Waals surface area contributed by atoms with Crippen LogP contribution in [-0.4, -0.2) is 72.5 Å². The van der Waals surface area contributed by atoms with Crippen molar-refractivity contribution < 1.29 is 9.59 Å². The molecule has 0 saturated carbocycles. The minimum Gasteiger partial charge on any atom is -0.339 e. The number of carbonyl (C=O) groups is 2. The predicted molar refractivity (Wildman–Crippen MR) is 84.0 cm³/mol. The largest absolute Gasteiger partial charge is 0.339 e. The average molecular weight is 298 g/mol. The molecule has 1 fully saturated rings. The lowest BCUT2D eigenvalue weighted by molar-refractivity contribution is -0.132. The molecule has 0 aromatic heterocycles. The Labute approximate surface area is 128 Å². The van der Waals surface area contributed by atoms with Crippen LogP contribution in [0.4, 0.5) is 4.79 Å². The Balaban J connectivity index is 2.31. The number of piperazine rings is 1. The van der Waals surface area contributed by atoms with Crippen molar-refractivity contribution in [1.29, 1.82) is 0 Å². The maximum atomic E-state index is 12.2. The van der Waals surface area contributed by atoms with Crippen LogP contribution in [0, 0.1) is 0 Å². The van der Waals surface area contributed by atoms with E-state index in [1.807, 2.05) is 28.5 Å². The molecule has 0 radical (unpaired) electrons. The van der Waals surface area contributed by atoms with E-state index in [4.69, 9.17) is 5.73 Å². The van der Waals surface area contributed by atoms with Gasteiger partial charge in [0, 0.05) is 45.7 Å². The summed E-state index contributed by atoms with van der Waals surface area (Å²) in [5.74, 6) is 0.210. The highest BCUT2D eigenvalue weighted by molar-refractivity contribution is 5.77. The fraction of sp³-hybridized carbons (Fsp3) is 0.867. The van der Waals surface area contributed by atoms with E-state index in [0.717, 1.165) is 32.4 Å². The van der Waals surface area contributed by atoms with Gasteiger partial charge in [-0.25, -0.2) is 4.79 Å². The van der Waals surface area contributed by atoms with Gasteiger partial charge in [0.15, 0.2) is 0 Å². The molecule has 0 unspecified atom stereocenters. The van der Waals surface area contributed by atoms with Crippen LogP contribution in [0.15, 0.2) is 0 Å². The summed E-state index contributed by atoms with van der Waals surface area (Å²) in [5, 5.41) is 0. The molecule has 2 N–H and O–H groups in total. The molecule has 0 atom stereocenters. The second kappa shape index (κ2) is 9.60. The molecule has 1 aliphatic rings. The van der Waals surface area contributed by atoms with Gasteiger partial charge in [-0.15, -0.1) is 0 Å². The fourth-order valence-corrected chi connectivity index (χ4v) is 2.60. The first-order valence-electron chi connectivity index (χ1n) is 8.15. The number of urea groups is 1. The van der Waals surface area contributed by atoms with Gasteiger partial charge in [0.05, 0.1) is 0 Å². The molecule has 0 bridgehead atoms. The molecule has 1 aliphatic heterocycles. The normalized spacial score (nSPS) is 15.2. The zero-order chi connectivity index (χ0) is 15.7. The Kier molecular flexibility index (Phi) is 8.12. The van der Waals surface area contributed by atoms with Crippen LogP contribution in [0.5, 0.6) is 0 Å². The lowest BCUT2D eigenvalue weighted by atomic mass is 10.1. The fourth-order valence-electron chi connectivity index (χ4n) is 2.60. The van der Waals surface area contributed by atoms with E-state index >= 15 is 0 Å². The maximum Gasteiger partial charge on any atom is 0.320 e.